The van der Waals surface area contributed by atoms with E-state index in [2.05, 4.69) is 20.7 Å². The molecule has 2 aliphatic carbocycles. The van der Waals surface area contributed by atoms with Gasteiger partial charge in [0, 0.05) is 42.9 Å². The van der Waals surface area contributed by atoms with E-state index in [-0.39, 0.29) is 51.7 Å². The van der Waals surface area contributed by atoms with Gasteiger partial charge in [0.15, 0.2) is 0 Å². The fraction of sp³-hybridized carbons (Fsp3) is 0.585. The van der Waals surface area contributed by atoms with Crippen LogP contribution < -0.4 is 20.7 Å². The molecule has 3 fully saturated rings. The molecule has 2 aliphatic heterocycles. The molecule has 1 saturated heterocycles. The average molecular weight is 828 g/mol. The van der Waals surface area contributed by atoms with Gasteiger partial charge in [-0.05, 0) is 74.5 Å². The monoisotopic (exact) mass is 827 g/mol. The van der Waals surface area contributed by atoms with Gasteiger partial charge >= 0.3 is 6.09 Å². The molecule has 2 aromatic carbocycles. The summed E-state index contributed by atoms with van der Waals surface area (Å²) in [6, 6.07) is 9.22. The molecule has 0 radical (unpaired) electrons. The van der Waals surface area contributed by atoms with E-state index in [9.17, 15) is 36.8 Å². The number of likely N-dealkylation sites (N-methyl/N-ethyl adjacent to an activating group) is 1. The van der Waals surface area contributed by atoms with Gasteiger partial charge in [0.25, 0.3) is 11.8 Å². The van der Waals surface area contributed by atoms with Gasteiger partial charge in [-0.1, -0.05) is 59.7 Å². The summed E-state index contributed by atoms with van der Waals surface area (Å²) in [5, 5.41) is 8.34. The summed E-state index contributed by atoms with van der Waals surface area (Å²) in [4.78, 5) is 73.7. The molecule has 0 bridgehead atoms. The van der Waals surface area contributed by atoms with Gasteiger partial charge in [-0.2, -0.15) is 0 Å². The quantitative estimate of drug-likeness (QED) is 0.219. The van der Waals surface area contributed by atoms with Gasteiger partial charge in [-0.25, -0.2) is 17.6 Å². The van der Waals surface area contributed by atoms with Crippen molar-refractivity contribution in [3.63, 3.8) is 0 Å². The Bertz CT molecular complexity index is 2020. The summed E-state index contributed by atoms with van der Waals surface area (Å²) < 4.78 is 48.1. The first kappa shape index (κ1) is 44.3. The summed E-state index contributed by atoms with van der Waals surface area (Å²) in [5.41, 5.74) is -0.309. The van der Waals surface area contributed by atoms with E-state index in [4.69, 9.17) is 4.74 Å². The van der Waals surface area contributed by atoms with Gasteiger partial charge in [0.2, 0.25) is 21.8 Å². The number of fused-ring (bicyclic) bond motifs is 1. The van der Waals surface area contributed by atoms with E-state index >= 15 is 0 Å². The second-order valence-corrected chi connectivity index (χ2v) is 19.0. The minimum absolute atomic E-state index is 0. The highest BCUT2D eigenvalue weighted by atomic mass is 32.2. The number of sulfonamides is 1. The van der Waals surface area contributed by atoms with Crippen molar-refractivity contribution in [1.29, 1.82) is 0 Å². The highest BCUT2D eigenvalue weighted by molar-refractivity contribution is 7.91. The smallest absolute Gasteiger partial charge is 0.410 e. The first-order valence-corrected chi connectivity index (χ1v) is 21.1. The average Bonchev–Trinajstić information content (AvgIpc) is 4.04. The summed E-state index contributed by atoms with van der Waals surface area (Å²) in [5.74, 6) is -3.02. The third-order valence-corrected chi connectivity index (χ3v) is 13.1. The number of carbonyl (C=O) groups is 5. The van der Waals surface area contributed by atoms with Gasteiger partial charge < -0.3 is 30.5 Å². The van der Waals surface area contributed by atoms with Crippen LogP contribution >= 0.6 is 0 Å². The van der Waals surface area contributed by atoms with Crippen molar-refractivity contribution >= 4 is 45.4 Å². The highest BCUT2D eigenvalue weighted by Gasteiger charge is 2.62. The van der Waals surface area contributed by atoms with E-state index in [1.807, 2.05) is 46.7 Å². The minimum Gasteiger partial charge on any atom is -0.444 e. The van der Waals surface area contributed by atoms with Crippen LogP contribution in [0.1, 0.15) is 88.7 Å². The molecule has 4 aliphatic rings. The van der Waals surface area contributed by atoms with Crippen LogP contribution in [0.15, 0.2) is 42.5 Å². The molecule has 0 spiro atoms. The molecule has 318 valence electrons. The Morgan fingerprint density at radius 1 is 1.05 bits per heavy atom. The molecule has 2 saturated carbocycles. The Labute approximate surface area is 340 Å². The molecular formula is C41H58FN7O8S. The van der Waals surface area contributed by atoms with Crippen LogP contribution in [0.2, 0.25) is 0 Å². The lowest BCUT2D eigenvalue weighted by atomic mass is 9.85. The number of nitrogens with zero attached hydrogens (tertiary/aromatic N) is 3. The number of likely N-dealkylation sites (tertiary alicyclic amines) is 1. The van der Waals surface area contributed by atoms with E-state index in [0.29, 0.717) is 54.7 Å². The molecule has 0 unspecified atom stereocenters. The van der Waals surface area contributed by atoms with Gasteiger partial charge in [0.1, 0.15) is 29.5 Å². The number of halogens is 1. The standard InChI is InChI=1S/C40H54FN7O8S.CH4/c1-7-26-20-40(26,37(52)45-57(54,55)29-14-15-29)44-35(50)32-19-28(56-38(53)47-21-25-11-9-13-31(41)30(25)23-47)22-48(32)36(51)33(39(2,3)4)43-27-12-8-10-24(18-27)34(49)42-16-17-46(5)6;/h8-13,18,26,28-29,32-33,43H,7,14-17,19-23H2,1-6H3,(H,42,49)(H,44,50)(H,45,52);1H4/t26-,28-,32+,33-,40-;/m1./s1. The molecule has 5 amide bonds. The van der Waals surface area contributed by atoms with Crippen LogP contribution in [0, 0.1) is 17.2 Å². The maximum atomic E-state index is 14.8. The first-order chi connectivity index (χ1) is 26.8. The lowest BCUT2D eigenvalue weighted by Gasteiger charge is -2.36. The van der Waals surface area contributed by atoms with Crippen molar-refractivity contribution in [1.82, 2.24) is 30.1 Å². The highest BCUT2D eigenvalue weighted by Crippen LogP contribution is 2.47. The number of rotatable bonds is 14. The Kier molecular flexibility index (Phi) is 13.2. The number of nitrogens with one attached hydrogen (secondary N) is 4. The van der Waals surface area contributed by atoms with E-state index in [0.717, 1.165) is 0 Å². The van der Waals surface area contributed by atoms with Crippen molar-refractivity contribution < 1.29 is 41.5 Å². The molecule has 6 rings (SSSR count). The molecule has 17 heteroatoms. The lowest BCUT2D eigenvalue weighted by Crippen LogP contribution is -2.58. The van der Waals surface area contributed by atoms with Crippen LogP contribution in [-0.2, 0) is 42.2 Å². The molecule has 0 aromatic heterocycles. The zero-order valence-electron chi connectivity index (χ0n) is 33.4. The van der Waals surface area contributed by atoms with E-state index in [1.54, 1.807) is 36.4 Å². The Hall–Kier alpha value is -4.77. The third kappa shape index (κ3) is 9.73. The largest absolute Gasteiger partial charge is 0.444 e. The lowest BCUT2D eigenvalue weighted by molar-refractivity contribution is -0.141. The number of ether oxygens (including phenoxy) is 1. The van der Waals surface area contributed by atoms with Crippen molar-refractivity contribution in [2.75, 3.05) is 39.0 Å². The van der Waals surface area contributed by atoms with Crippen molar-refractivity contribution in [3.8, 4) is 0 Å². The normalized spacial score (nSPS) is 23.0. The molecule has 2 heterocycles. The predicted molar refractivity (Wildman–Crippen MR) is 216 cm³/mol. The van der Waals surface area contributed by atoms with Crippen molar-refractivity contribution in [2.24, 2.45) is 11.3 Å². The molecule has 4 N–H and O–H groups in total. The Morgan fingerprint density at radius 2 is 1.76 bits per heavy atom. The van der Waals surface area contributed by atoms with Gasteiger partial charge in [-0.3, -0.25) is 28.8 Å². The minimum atomic E-state index is -3.90. The second-order valence-electron chi connectivity index (χ2n) is 17.0. The molecular weight excluding hydrogens is 770 g/mol. The van der Waals surface area contributed by atoms with Crippen LogP contribution in [0.4, 0.5) is 14.9 Å². The first-order valence-electron chi connectivity index (χ1n) is 19.5. The number of hydrogen-bond donors (Lipinski definition) is 4. The number of amides is 5. The van der Waals surface area contributed by atoms with E-state index in [1.165, 1.54) is 15.9 Å². The van der Waals surface area contributed by atoms with E-state index < -0.39 is 74.0 Å². The predicted octanol–water partition coefficient (Wildman–Crippen LogP) is 3.60. The Morgan fingerprint density at radius 3 is 2.38 bits per heavy atom. The zero-order valence-corrected chi connectivity index (χ0v) is 34.2. The van der Waals surface area contributed by atoms with Crippen molar-refractivity contribution in [2.45, 2.75) is 109 Å². The van der Waals surface area contributed by atoms with Gasteiger partial charge in [0.05, 0.1) is 18.3 Å². The fourth-order valence-electron chi connectivity index (χ4n) is 7.62. The van der Waals surface area contributed by atoms with Gasteiger partial charge in [-0.15, -0.1) is 0 Å². The molecule has 2 aromatic rings. The number of benzene rings is 2. The van der Waals surface area contributed by atoms with Crippen molar-refractivity contribution in [3.05, 3.63) is 65.0 Å². The van der Waals surface area contributed by atoms with Crippen LogP contribution in [0.3, 0.4) is 0 Å². The SMILES string of the molecule is C.CC[C@@H]1C[C@]1(NC(=O)[C@@H]1C[C@@H](OC(=O)N2Cc3cccc(F)c3C2)CN1C(=O)[C@@H](Nc1cccc(C(=O)NCCN(C)C)c1)C(C)(C)C)C(=O)NS(=O)(=O)C1CC1. The zero-order chi connectivity index (χ0) is 41.4. The third-order valence-electron chi connectivity index (χ3n) is 11.2. The number of hydrogen-bond acceptors (Lipinski definition) is 10. The topological polar surface area (TPSA) is 187 Å². The summed E-state index contributed by atoms with van der Waals surface area (Å²) >= 11 is 0. The maximum Gasteiger partial charge on any atom is 0.410 e. The van der Waals surface area contributed by atoms with Crippen LogP contribution in [0.5, 0.6) is 0 Å². The summed E-state index contributed by atoms with van der Waals surface area (Å²) in [6.07, 6.45) is -0.162. The summed E-state index contributed by atoms with van der Waals surface area (Å²) in [6.45, 7) is 8.46. The number of carbonyl (C=O) groups excluding carboxylic acids is 5. The fourth-order valence-corrected chi connectivity index (χ4v) is 8.99. The summed E-state index contributed by atoms with van der Waals surface area (Å²) in [7, 11) is -0.0952. The maximum absolute atomic E-state index is 14.8. The Balaban J connectivity index is 0.00000641. The molecule has 58 heavy (non-hydrogen) atoms. The molecule has 5 atom stereocenters. The second kappa shape index (κ2) is 17.2. The molecule has 15 nitrogen and oxygen atoms in total. The van der Waals surface area contributed by atoms with Crippen LogP contribution in [-0.4, -0.2) is 116 Å². The number of anilines is 1. The van der Waals surface area contributed by atoms with Crippen LogP contribution in [0.25, 0.3) is 0 Å².